The Morgan fingerprint density at radius 1 is 1.15 bits per heavy atom. The molecule has 0 aliphatic heterocycles. The van der Waals surface area contributed by atoms with Crippen LogP contribution in [0.1, 0.15) is 5.56 Å². The number of halogens is 1. The zero-order valence-electron chi connectivity index (χ0n) is 14.8. The maximum absolute atomic E-state index is 12.6. The summed E-state index contributed by atoms with van der Waals surface area (Å²) in [5.41, 5.74) is 1.36. The average Bonchev–Trinajstić information content (AvgIpc) is 2.59. The van der Waals surface area contributed by atoms with Crippen molar-refractivity contribution in [1.82, 2.24) is 4.90 Å². The van der Waals surface area contributed by atoms with Gasteiger partial charge in [0.2, 0.25) is 15.9 Å². The number of benzene rings is 2. The summed E-state index contributed by atoms with van der Waals surface area (Å²) in [5.74, 6) is 0.437. The molecule has 0 spiro atoms. The molecule has 0 unspecified atom stereocenters. The smallest absolute Gasteiger partial charge is 0.243 e. The van der Waals surface area contributed by atoms with Gasteiger partial charge < -0.3 is 9.64 Å². The molecule has 8 heteroatoms. The van der Waals surface area contributed by atoms with Crippen LogP contribution in [0, 0.1) is 0 Å². The molecule has 0 radical (unpaired) electrons. The van der Waals surface area contributed by atoms with Crippen LogP contribution in [-0.4, -0.2) is 46.2 Å². The minimum Gasteiger partial charge on any atom is -0.497 e. The van der Waals surface area contributed by atoms with Gasteiger partial charge >= 0.3 is 0 Å². The van der Waals surface area contributed by atoms with Crippen molar-refractivity contribution in [3.63, 3.8) is 0 Å². The summed E-state index contributed by atoms with van der Waals surface area (Å²) in [6.45, 7) is 0.112. The Morgan fingerprint density at radius 2 is 1.81 bits per heavy atom. The predicted octanol–water partition coefficient (Wildman–Crippen LogP) is 2.88. The van der Waals surface area contributed by atoms with Crippen molar-refractivity contribution < 1.29 is 17.9 Å². The number of hydrogen-bond donors (Lipinski definition) is 0. The van der Waals surface area contributed by atoms with Crippen LogP contribution in [0.2, 0.25) is 0 Å². The van der Waals surface area contributed by atoms with E-state index in [0.29, 0.717) is 12.2 Å². The van der Waals surface area contributed by atoms with Crippen molar-refractivity contribution >= 4 is 37.5 Å². The van der Waals surface area contributed by atoms with E-state index in [-0.39, 0.29) is 12.5 Å². The van der Waals surface area contributed by atoms with E-state index in [4.69, 9.17) is 4.74 Å². The fourth-order valence-corrected chi connectivity index (χ4v) is 3.60. The third kappa shape index (κ3) is 5.47. The standard InChI is InChI=1S/C18H21BrN2O4S/c1-20(12-14-7-9-17(25-2)10-8-14)18(22)13-21(26(3,23)24)16-6-4-5-15(19)11-16/h4-11H,12-13H2,1-3H3. The van der Waals surface area contributed by atoms with Gasteiger partial charge in [-0.1, -0.05) is 34.1 Å². The molecule has 0 heterocycles. The second-order valence-electron chi connectivity index (χ2n) is 5.85. The Bertz CT molecular complexity index is 869. The van der Waals surface area contributed by atoms with E-state index in [0.717, 1.165) is 26.3 Å². The van der Waals surface area contributed by atoms with Gasteiger partial charge in [0, 0.05) is 18.1 Å². The molecule has 0 bridgehead atoms. The average molecular weight is 441 g/mol. The summed E-state index contributed by atoms with van der Waals surface area (Å²) in [6.07, 6.45) is 1.09. The van der Waals surface area contributed by atoms with Crippen LogP contribution in [0.25, 0.3) is 0 Å². The number of carbonyl (C=O) groups excluding carboxylic acids is 1. The topological polar surface area (TPSA) is 66.9 Å². The molecular formula is C18H21BrN2O4S. The third-order valence-electron chi connectivity index (χ3n) is 3.78. The lowest BCUT2D eigenvalue weighted by Crippen LogP contribution is -2.41. The number of methoxy groups -OCH3 is 1. The van der Waals surface area contributed by atoms with E-state index >= 15 is 0 Å². The number of likely N-dealkylation sites (N-methyl/N-ethyl adjacent to an activating group) is 1. The second kappa shape index (κ2) is 8.55. The van der Waals surface area contributed by atoms with Crippen molar-refractivity contribution in [2.45, 2.75) is 6.54 Å². The highest BCUT2D eigenvalue weighted by molar-refractivity contribution is 9.10. The number of anilines is 1. The molecule has 140 valence electrons. The highest BCUT2D eigenvalue weighted by Crippen LogP contribution is 2.22. The van der Waals surface area contributed by atoms with E-state index in [1.54, 1.807) is 38.4 Å². The van der Waals surface area contributed by atoms with Gasteiger partial charge in [-0.05, 0) is 35.9 Å². The van der Waals surface area contributed by atoms with Gasteiger partial charge in [-0.2, -0.15) is 0 Å². The summed E-state index contributed by atoms with van der Waals surface area (Å²) in [4.78, 5) is 14.1. The van der Waals surface area contributed by atoms with Crippen LogP contribution in [0.15, 0.2) is 53.0 Å². The maximum Gasteiger partial charge on any atom is 0.243 e. The molecule has 2 aromatic carbocycles. The van der Waals surface area contributed by atoms with Crippen molar-refractivity contribution in [3.8, 4) is 5.75 Å². The number of rotatable bonds is 7. The number of amides is 1. The first-order chi connectivity index (χ1) is 12.2. The van der Waals surface area contributed by atoms with Gasteiger partial charge in [-0.25, -0.2) is 8.42 Å². The highest BCUT2D eigenvalue weighted by atomic mass is 79.9. The minimum absolute atomic E-state index is 0.262. The molecule has 0 aliphatic carbocycles. The van der Waals surface area contributed by atoms with Crippen molar-refractivity contribution in [2.75, 3.05) is 31.3 Å². The van der Waals surface area contributed by atoms with Gasteiger partial charge in [-0.3, -0.25) is 9.10 Å². The third-order valence-corrected chi connectivity index (χ3v) is 5.41. The lowest BCUT2D eigenvalue weighted by atomic mass is 10.2. The quantitative estimate of drug-likeness (QED) is 0.663. The lowest BCUT2D eigenvalue weighted by Gasteiger charge is -2.25. The van der Waals surface area contributed by atoms with Gasteiger partial charge in [0.05, 0.1) is 19.1 Å². The SMILES string of the molecule is COc1ccc(CN(C)C(=O)CN(c2cccc(Br)c2)S(C)(=O)=O)cc1. The molecule has 0 saturated heterocycles. The number of ether oxygens (including phenoxy) is 1. The Hall–Kier alpha value is -2.06. The van der Waals surface area contributed by atoms with Crippen molar-refractivity contribution in [2.24, 2.45) is 0 Å². The number of nitrogens with zero attached hydrogens (tertiary/aromatic N) is 2. The molecule has 0 fully saturated rings. The van der Waals surface area contributed by atoms with Gasteiger partial charge in [0.1, 0.15) is 12.3 Å². The van der Waals surface area contributed by atoms with Crippen LogP contribution in [-0.2, 0) is 21.4 Å². The molecule has 0 saturated carbocycles. The summed E-state index contributed by atoms with van der Waals surface area (Å²) < 4.78 is 31.3. The van der Waals surface area contributed by atoms with E-state index in [2.05, 4.69) is 15.9 Å². The maximum atomic E-state index is 12.6. The molecular weight excluding hydrogens is 420 g/mol. The molecule has 0 N–H and O–H groups in total. The van der Waals surface area contributed by atoms with E-state index in [1.807, 2.05) is 24.3 Å². The summed E-state index contributed by atoms with van der Waals surface area (Å²) in [5, 5.41) is 0. The minimum atomic E-state index is -3.60. The zero-order valence-corrected chi connectivity index (χ0v) is 17.2. The number of hydrogen-bond acceptors (Lipinski definition) is 4. The largest absolute Gasteiger partial charge is 0.497 e. The molecule has 26 heavy (non-hydrogen) atoms. The van der Waals surface area contributed by atoms with Crippen molar-refractivity contribution in [1.29, 1.82) is 0 Å². The van der Waals surface area contributed by atoms with Crippen LogP contribution < -0.4 is 9.04 Å². The zero-order chi connectivity index (χ0) is 19.3. The second-order valence-corrected chi connectivity index (χ2v) is 8.67. The first-order valence-corrected chi connectivity index (χ1v) is 10.4. The Balaban J connectivity index is 2.13. The fraction of sp³-hybridized carbons (Fsp3) is 0.278. The number of carbonyl (C=O) groups is 1. The summed E-state index contributed by atoms with van der Waals surface area (Å²) in [7, 11) is -0.360. The summed E-state index contributed by atoms with van der Waals surface area (Å²) >= 11 is 3.32. The highest BCUT2D eigenvalue weighted by Gasteiger charge is 2.23. The molecule has 6 nitrogen and oxygen atoms in total. The lowest BCUT2D eigenvalue weighted by molar-refractivity contribution is -0.128. The van der Waals surface area contributed by atoms with Crippen LogP contribution in [0.4, 0.5) is 5.69 Å². The van der Waals surface area contributed by atoms with E-state index < -0.39 is 10.0 Å². The van der Waals surface area contributed by atoms with Crippen LogP contribution >= 0.6 is 15.9 Å². The van der Waals surface area contributed by atoms with Gasteiger partial charge in [0.25, 0.3) is 0 Å². The first-order valence-electron chi connectivity index (χ1n) is 7.81. The molecule has 2 aromatic rings. The fourth-order valence-electron chi connectivity index (χ4n) is 2.37. The molecule has 0 atom stereocenters. The van der Waals surface area contributed by atoms with E-state index in [1.165, 1.54) is 4.90 Å². The Morgan fingerprint density at radius 3 is 2.35 bits per heavy atom. The van der Waals surface area contributed by atoms with Gasteiger partial charge in [0.15, 0.2) is 0 Å². The normalized spacial score (nSPS) is 11.1. The molecule has 0 aromatic heterocycles. The monoisotopic (exact) mass is 440 g/mol. The molecule has 0 aliphatic rings. The summed E-state index contributed by atoms with van der Waals surface area (Å²) in [6, 6.07) is 14.2. The van der Waals surface area contributed by atoms with Crippen molar-refractivity contribution in [3.05, 3.63) is 58.6 Å². The van der Waals surface area contributed by atoms with Crippen LogP contribution in [0.5, 0.6) is 5.75 Å². The number of sulfonamides is 1. The van der Waals surface area contributed by atoms with Crippen LogP contribution in [0.3, 0.4) is 0 Å². The first kappa shape index (κ1) is 20.3. The molecule has 2 rings (SSSR count). The van der Waals surface area contributed by atoms with E-state index in [9.17, 15) is 13.2 Å². The van der Waals surface area contributed by atoms with Gasteiger partial charge in [-0.15, -0.1) is 0 Å². The Labute approximate surface area is 162 Å². The predicted molar refractivity (Wildman–Crippen MR) is 106 cm³/mol. The Kier molecular flexibility index (Phi) is 6.66. The molecule has 1 amide bonds.